The zero-order valence-corrected chi connectivity index (χ0v) is 15.1. The van der Waals surface area contributed by atoms with Gasteiger partial charge < -0.3 is 5.32 Å². The van der Waals surface area contributed by atoms with Gasteiger partial charge in [0.2, 0.25) is 10.0 Å². The van der Waals surface area contributed by atoms with Gasteiger partial charge in [-0.15, -0.1) is 0 Å². The topological polar surface area (TPSA) is 83.6 Å². The van der Waals surface area contributed by atoms with Crippen molar-refractivity contribution < 1.29 is 18.0 Å². The summed E-state index contributed by atoms with van der Waals surface area (Å²) in [6.07, 6.45) is 0. The van der Waals surface area contributed by atoms with Gasteiger partial charge in [0.25, 0.3) is 5.91 Å². The maximum atomic E-state index is 12.6. The van der Waals surface area contributed by atoms with E-state index in [1.807, 2.05) is 0 Å². The van der Waals surface area contributed by atoms with Crippen LogP contribution in [0.5, 0.6) is 0 Å². The molecule has 1 N–H and O–H groups in total. The fourth-order valence-electron chi connectivity index (χ4n) is 2.29. The predicted molar refractivity (Wildman–Crippen MR) is 94.9 cm³/mol. The number of carbonyl (C=O) groups is 2. The minimum absolute atomic E-state index is 0.117. The van der Waals surface area contributed by atoms with E-state index >= 15 is 0 Å². The number of hydrogen-bond acceptors (Lipinski definition) is 4. The number of ketones is 1. The molecule has 0 aromatic heterocycles. The summed E-state index contributed by atoms with van der Waals surface area (Å²) in [7, 11) is -0.631. The number of Topliss-reactive ketones (excluding diaryl/α,β-unsaturated/α-hetero) is 1. The lowest BCUT2D eigenvalue weighted by molar-refractivity contribution is 0.0961. The maximum absolute atomic E-state index is 12.6. The van der Waals surface area contributed by atoms with Crippen molar-refractivity contribution in [2.45, 2.75) is 18.4 Å². The summed E-state index contributed by atoms with van der Waals surface area (Å²) in [6.45, 7) is 1.60. The molecule has 2 rings (SSSR count). The minimum atomic E-state index is -3.67. The molecule has 2 aromatic rings. The van der Waals surface area contributed by atoms with Crippen LogP contribution in [-0.4, -0.2) is 38.5 Å². The Balaban J connectivity index is 2.16. The van der Waals surface area contributed by atoms with Crippen LogP contribution in [0.25, 0.3) is 0 Å². The number of carbonyl (C=O) groups excluding carboxylic acids is 2. The smallest absolute Gasteiger partial charge is 0.251 e. The van der Waals surface area contributed by atoms with Gasteiger partial charge >= 0.3 is 0 Å². The lowest BCUT2D eigenvalue weighted by atomic mass is 10.1. The monoisotopic (exact) mass is 360 g/mol. The average molecular weight is 360 g/mol. The fraction of sp³-hybridized carbons (Fsp3) is 0.222. The second kappa shape index (κ2) is 7.58. The Morgan fingerprint density at radius 2 is 1.48 bits per heavy atom. The quantitative estimate of drug-likeness (QED) is 0.800. The molecule has 0 saturated heterocycles. The highest BCUT2D eigenvalue weighted by Gasteiger charge is 2.21. The van der Waals surface area contributed by atoms with Crippen molar-refractivity contribution in [1.29, 1.82) is 0 Å². The van der Waals surface area contributed by atoms with Crippen molar-refractivity contribution in [2.24, 2.45) is 0 Å². The van der Waals surface area contributed by atoms with E-state index in [-0.39, 0.29) is 23.1 Å². The molecule has 0 aliphatic heterocycles. The summed E-state index contributed by atoms with van der Waals surface area (Å²) in [5.41, 5.74) is 1.74. The molecule has 0 bridgehead atoms. The molecule has 0 radical (unpaired) electrons. The third-order valence-corrected chi connectivity index (χ3v) is 5.64. The summed E-state index contributed by atoms with van der Waals surface area (Å²) in [5, 5.41) is 2.53. The Morgan fingerprint density at radius 1 is 0.960 bits per heavy atom. The molecule has 0 saturated carbocycles. The van der Waals surface area contributed by atoms with E-state index in [2.05, 4.69) is 5.32 Å². The highest BCUT2D eigenvalue weighted by Crippen LogP contribution is 2.18. The van der Waals surface area contributed by atoms with Crippen molar-refractivity contribution >= 4 is 21.7 Å². The van der Waals surface area contributed by atoms with E-state index in [1.54, 1.807) is 31.3 Å². The highest BCUT2D eigenvalue weighted by atomic mass is 32.2. The number of benzene rings is 2. The number of nitrogens with one attached hydrogen (secondary N) is 1. The van der Waals surface area contributed by atoms with Crippen molar-refractivity contribution in [3.05, 3.63) is 65.2 Å². The summed E-state index contributed by atoms with van der Waals surface area (Å²) in [4.78, 5) is 22.9. The summed E-state index contributed by atoms with van der Waals surface area (Å²) in [6, 6.07) is 12.6. The molecule has 25 heavy (non-hydrogen) atoms. The summed E-state index contributed by atoms with van der Waals surface area (Å²) < 4.78 is 26.5. The van der Waals surface area contributed by atoms with Gasteiger partial charge in [-0.05, 0) is 36.8 Å². The van der Waals surface area contributed by atoms with Crippen LogP contribution in [0.2, 0.25) is 0 Å². The van der Waals surface area contributed by atoms with E-state index in [9.17, 15) is 18.0 Å². The van der Waals surface area contributed by atoms with E-state index in [4.69, 9.17) is 0 Å². The predicted octanol–water partition coefficient (Wildman–Crippen LogP) is 2.07. The van der Waals surface area contributed by atoms with E-state index in [0.29, 0.717) is 11.1 Å². The van der Waals surface area contributed by atoms with Crippen molar-refractivity contribution in [3.63, 3.8) is 0 Å². The summed E-state index contributed by atoms with van der Waals surface area (Å²) >= 11 is 0. The van der Waals surface area contributed by atoms with Crippen LogP contribution in [0.15, 0.2) is 53.4 Å². The molecular weight excluding hydrogens is 340 g/mol. The standard InChI is InChI=1S/C18H20N2O4S/c1-13(21)15-8-10-17(11-9-15)25(23,24)20(3)12-14-4-6-16(7-5-14)18(22)19-2/h4-11H,12H2,1-3H3,(H,19,22). The second-order valence-corrected chi connectivity index (χ2v) is 7.66. The van der Waals surface area contributed by atoms with E-state index in [1.165, 1.54) is 42.5 Å². The Morgan fingerprint density at radius 3 is 1.96 bits per heavy atom. The van der Waals surface area contributed by atoms with Gasteiger partial charge in [-0.2, -0.15) is 4.31 Å². The molecule has 2 aromatic carbocycles. The third-order valence-electron chi connectivity index (χ3n) is 3.82. The molecule has 6 nitrogen and oxygen atoms in total. The van der Waals surface area contributed by atoms with Crippen LogP contribution in [0.3, 0.4) is 0 Å². The molecule has 0 heterocycles. The first kappa shape index (κ1) is 18.8. The molecule has 0 atom stereocenters. The van der Waals surface area contributed by atoms with Crippen LogP contribution in [-0.2, 0) is 16.6 Å². The van der Waals surface area contributed by atoms with Crippen molar-refractivity contribution in [1.82, 2.24) is 9.62 Å². The fourth-order valence-corrected chi connectivity index (χ4v) is 3.45. The van der Waals surface area contributed by atoms with Crippen LogP contribution < -0.4 is 5.32 Å². The average Bonchev–Trinajstić information content (AvgIpc) is 2.61. The highest BCUT2D eigenvalue weighted by molar-refractivity contribution is 7.89. The number of sulfonamides is 1. The number of rotatable bonds is 6. The molecule has 7 heteroatoms. The zero-order valence-electron chi connectivity index (χ0n) is 14.3. The number of hydrogen-bond donors (Lipinski definition) is 1. The normalized spacial score (nSPS) is 11.4. The molecule has 1 amide bonds. The molecule has 0 aliphatic rings. The van der Waals surface area contributed by atoms with Crippen LogP contribution in [0.4, 0.5) is 0 Å². The molecular formula is C18H20N2O4S. The SMILES string of the molecule is CNC(=O)c1ccc(CN(C)S(=O)(=O)c2ccc(C(C)=O)cc2)cc1. The molecule has 132 valence electrons. The first-order valence-electron chi connectivity index (χ1n) is 7.64. The second-order valence-electron chi connectivity index (χ2n) is 5.62. The number of nitrogens with zero attached hydrogens (tertiary/aromatic N) is 1. The molecule has 0 fully saturated rings. The largest absolute Gasteiger partial charge is 0.355 e. The van der Waals surface area contributed by atoms with Crippen LogP contribution in [0.1, 0.15) is 33.2 Å². The van der Waals surface area contributed by atoms with Gasteiger partial charge in [0.05, 0.1) is 4.90 Å². The van der Waals surface area contributed by atoms with Gasteiger partial charge in [-0.3, -0.25) is 9.59 Å². The van der Waals surface area contributed by atoms with Gasteiger partial charge in [0.1, 0.15) is 0 Å². The minimum Gasteiger partial charge on any atom is -0.355 e. The Kier molecular flexibility index (Phi) is 5.71. The molecule has 0 unspecified atom stereocenters. The van der Waals surface area contributed by atoms with Crippen molar-refractivity contribution in [2.75, 3.05) is 14.1 Å². The van der Waals surface area contributed by atoms with Crippen LogP contribution >= 0.6 is 0 Å². The Bertz CT molecular complexity index is 872. The van der Waals surface area contributed by atoms with Crippen LogP contribution in [0, 0.1) is 0 Å². The Hall–Kier alpha value is -2.51. The van der Waals surface area contributed by atoms with Gasteiger partial charge in [0.15, 0.2) is 5.78 Å². The van der Waals surface area contributed by atoms with E-state index < -0.39 is 10.0 Å². The molecule has 0 spiro atoms. The van der Waals surface area contributed by atoms with Gasteiger partial charge in [0, 0.05) is 31.8 Å². The van der Waals surface area contributed by atoms with Gasteiger partial charge in [-0.25, -0.2) is 8.42 Å². The van der Waals surface area contributed by atoms with Crippen molar-refractivity contribution in [3.8, 4) is 0 Å². The molecule has 0 aliphatic carbocycles. The Labute approximate surface area is 147 Å². The van der Waals surface area contributed by atoms with E-state index in [0.717, 1.165) is 5.56 Å². The lowest BCUT2D eigenvalue weighted by Gasteiger charge is -2.17. The summed E-state index contributed by atoms with van der Waals surface area (Å²) in [5.74, 6) is -0.313. The first-order valence-corrected chi connectivity index (χ1v) is 9.08. The third kappa shape index (κ3) is 4.32. The number of amides is 1. The zero-order chi connectivity index (χ0) is 18.6. The maximum Gasteiger partial charge on any atom is 0.251 e. The first-order chi connectivity index (χ1) is 11.8. The van der Waals surface area contributed by atoms with Gasteiger partial charge in [-0.1, -0.05) is 24.3 Å². The lowest BCUT2D eigenvalue weighted by Crippen LogP contribution is -2.26.